The van der Waals surface area contributed by atoms with Crippen molar-refractivity contribution in [3.8, 4) is 0 Å². The number of imidazole rings is 1. The zero-order valence-corrected chi connectivity index (χ0v) is 11.1. The summed E-state index contributed by atoms with van der Waals surface area (Å²) in [6.45, 7) is 4.41. The van der Waals surface area contributed by atoms with E-state index < -0.39 is 0 Å². The van der Waals surface area contributed by atoms with Crippen LogP contribution in [0.2, 0.25) is 0 Å². The highest BCUT2D eigenvalue weighted by molar-refractivity contribution is 7.99. The first-order valence-corrected chi connectivity index (χ1v) is 7.26. The van der Waals surface area contributed by atoms with Crippen LogP contribution in [0, 0.1) is 0 Å². The second kappa shape index (κ2) is 4.33. The molecule has 17 heavy (non-hydrogen) atoms. The van der Waals surface area contributed by atoms with Crippen LogP contribution in [-0.4, -0.2) is 20.3 Å². The van der Waals surface area contributed by atoms with Gasteiger partial charge < -0.3 is 0 Å². The van der Waals surface area contributed by atoms with Gasteiger partial charge in [0, 0.05) is 12.1 Å². The van der Waals surface area contributed by atoms with Gasteiger partial charge in [0.2, 0.25) is 0 Å². The summed E-state index contributed by atoms with van der Waals surface area (Å²) >= 11 is 2.03. The molecule has 4 heteroatoms. The maximum atomic E-state index is 4.74. The first kappa shape index (κ1) is 11.1. The highest BCUT2D eigenvalue weighted by Gasteiger charge is 2.24. The smallest absolute Gasteiger partial charge is 0.160 e. The molecule has 1 aliphatic heterocycles. The van der Waals surface area contributed by atoms with E-state index in [0.29, 0.717) is 11.3 Å². The molecule has 1 fully saturated rings. The zero-order valence-electron chi connectivity index (χ0n) is 10.3. The number of hydrogen-bond acceptors (Lipinski definition) is 3. The molecule has 1 atom stereocenters. The lowest BCUT2D eigenvalue weighted by atomic mass is 10.2. The van der Waals surface area contributed by atoms with Gasteiger partial charge in [-0.2, -0.15) is 0 Å². The van der Waals surface area contributed by atoms with Gasteiger partial charge in [0.25, 0.3) is 0 Å². The minimum Gasteiger partial charge on any atom is -0.300 e. The summed E-state index contributed by atoms with van der Waals surface area (Å²) in [6.07, 6.45) is 4.41. The molecule has 90 valence electrons. The first-order chi connectivity index (χ1) is 8.27. The Kier molecular flexibility index (Phi) is 2.82. The van der Waals surface area contributed by atoms with Gasteiger partial charge in [-0.1, -0.05) is 13.8 Å². The van der Waals surface area contributed by atoms with Crippen molar-refractivity contribution in [1.29, 1.82) is 0 Å². The molecule has 0 saturated carbocycles. The van der Waals surface area contributed by atoms with Crippen LogP contribution in [0.4, 0.5) is 0 Å². The number of rotatable bonds is 2. The second-order valence-corrected chi connectivity index (χ2v) is 6.09. The summed E-state index contributed by atoms with van der Waals surface area (Å²) in [5, 5.41) is 0.535. The average molecular weight is 247 g/mol. The van der Waals surface area contributed by atoms with E-state index in [9.17, 15) is 0 Å². The van der Waals surface area contributed by atoms with Crippen LogP contribution in [0.1, 0.15) is 43.8 Å². The molecule has 3 heterocycles. The summed E-state index contributed by atoms with van der Waals surface area (Å²) in [6, 6.07) is 4.02. The van der Waals surface area contributed by atoms with Gasteiger partial charge in [0.15, 0.2) is 5.65 Å². The van der Waals surface area contributed by atoms with Crippen LogP contribution in [0.5, 0.6) is 0 Å². The monoisotopic (exact) mass is 247 g/mol. The van der Waals surface area contributed by atoms with Crippen LogP contribution in [0.3, 0.4) is 0 Å². The van der Waals surface area contributed by atoms with Crippen molar-refractivity contribution in [2.75, 3.05) is 5.75 Å². The molecule has 0 radical (unpaired) electrons. The Balaban J connectivity index is 2.20. The number of pyridine rings is 1. The van der Waals surface area contributed by atoms with E-state index in [1.165, 1.54) is 24.4 Å². The van der Waals surface area contributed by atoms with Gasteiger partial charge in [-0.05, 0) is 30.7 Å². The largest absolute Gasteiger partial charge is 0.300 e. The highest BCUT2D eigenvalue weighted by Crippen LogP contribution is 2.39. The van der Waals surface area contributed by atoms with Crippen molar-refractivity contribution in [2.45, 2.75) is 38.0 Å². The molecule has 0 amide bonds. The molecule has 0 spiro atoms. The molecule has 1 aliphatic rings. The maximum Gasteiger partial charge on any atom is 0.160 e. The van der Waals surface area contributed by atoms with Gasteiger partial charge in [0.05, 0.1) is 5.37 Å². The Labute approximate surface area is 106 Å². The normalized spacial score (nSPS) is 20.5. The summed E-state index contributed by atoms with van der Waals surface area (Å²) in [5.41, 5.74) is 2.08. The number of fused-ring (bicyclic) bond motifs is 1. The summed E-state index contributed by atoms with van der Waals surface area (Å²) in [4.78, 5) is 9.26. The van der Waals surface area contributed by atoms with E-state index in [2.05, 4.69) is 29.5 Å². The quantitative estimate of drug-likeness (QED) is 0.812. The Morgan fingerprint density at radius 1 is 1.47 bits per heavy atom. The number of hydrogen-bond donors (Lipinski definition) is 0. The molecule has 1 saturated heterocycles. The van der Waals surface area contributed by atoms with Gasteiger partial charge in [-0.3, -0.25) is 4.57 Å². The molecule has 0 bridgehead atoms. The fourth-order valence-corrected chi connectivity index (χ4v) is 3.70. The van der Waals surface area contributed by atoms with Crippen molar-refractivity contribution >= 4 is 22.9 Å². The fourth-order valence-electron chi connectivity index (χ4n) is 2.40. The predicted molar refractivity (Wildman–Crippen MR) is 72.3 cm³/mol. The van der Waals surface area contributed by atoms with E-state index in [1.807, 2.05) is 24.0 Å². The fraction of sp³-hybridized carbons (Fsp3) is 0.538. The number of nitrogens with zero attached hydrogens (tertiary/aromatic N) is 3. The van der Waals surface area contributed by atoms with Crippen LogP contribution < -0.4 is 0 Å². The third-order valence-electron chi connectivity index (χ3n) is 3.19. The van der Waals surface area contributed by atoms with E-state index >= 15 is 0 Å². The molecule has 3 rings (SSSR count). The van der Waals surface area contributed by atoms with Gasteiger partial charge in [0.1, 0.15) is 11.3 Å². The van der Waals surface area contributed by atoms with Gasteiger partial charge in [-0.15, -0.1) is 11.8 Å². The summed E-state index contributed by atoms with van der Waals surface area (Å²) < 4.78 is 2.36. The molecule has 0 aromatic carbocycles. The predicted octanol–water partition coefficient (Wildman–Crippen LogP) is 3.58. The third-order valence-corrected chi connectivity index (χ3v) is 4.54. The molecule has 0 N–H and O–H groups in total. The van der Waals surface area contributed by atoms with E-state index in [4.69, 9.17) is 4.98 Å². The number of aromatic nitrogens is 3. The molecular weight excluding hydrogens is 230 g/mol. The highest BCUT2D eigenvalue weighted by atomic mass is 32.2. The van der Waals surface area contributed by atoms with E-state index in [0.717, 1.165) is 11.2 Å². The lowest BCUT2D eigenvalue weighted by Crippen LogP contribution is -2.08. The molecule has 3 nitrogen and oxygen atoms in total. The van der Waals surface area contributed by atoms with Gasteiger partial charge >= 0.3 is 0 Å². The summed E-state index contributed by atoms with van der Waals surface area (Å²) in [7, 11) is 0. The summed E-state index contributed by atoms with van der Waals surface area (Å²) in [5.74, 6) is 2.89. The molecule has 1 unspecified atom stereocenters. The lowest BCUT2D eigenvalue weighted by Gasteiger charge is -2.16. The zero-order chi connectivity index (χ0) is 11.8. The van der Waals surface area contributed by atoms with Crippen molar-refractivity contribution in [1.82, 2.24) is 14.5 Å². The lowest BCUT2D eigenvalue weighted by molar-refractivity contribution is 0.599. The van der Waals surface area contributed by atoms with Crippen LogP contribution in [-0.2, 0) is 0 Å². The van der Waals surface area contributed by atoms with E-state index in [-0.39, 0.29) is 0 Å². The Hall–Kier alpha value is -1.03. The molecule has 2 aromatic heterocycles. The van der Waals surface area contributed by atoms with Crippen LogP contribution >= 0.6 is 11.8 Å². The maximum absolute atomic E-state index is 4.74. The molecular formula is C13H17N3S. The average Bonchev–Trinajstić information content (AvgIpc) is 2.94. The van der Waals surface area contributed by atoms with Crippen molar-refractivity contribution in [2.24, 2.45) is 0 Å². The van der Waals surface area contributed by atoms with E-state index in [1.54, 1.807) is 0 Å². The molecule has 2 aromatic rings. The Morgan fingerprint density at radius 3 is 3.06 bits per heavy atom. The second-order valence-electron chi connectivity index (χ2n) is 4.81. The standard InChI is InChI=1S/C13H17N3S/c1-9(2)12-15-10-5-3-7-14-13(10)16(12)11-6-4-8-17-11/h3,5,7,9,11H,4,6,8H2,1-2H3. The van der Waals surface area contributed by atoms with Gasteiger partial charge in [-0.25, -0.2) is 9.97 Å². The third kappa shape index (κ3) is 1.84. The topological polar surface area (TPSA) is 30.7 Å². The Morgan fingerprint density at radius 2 is 2.35 bits per heavy atom. The minimum atomic E-state index is 0.449. The van der Waals surface area contributed by atoms with Crippen LogP contribution in [0.15, 0.2) is 18.3 Å². The number of thioether (sulfide) groups is 1. The first-order valence-electron chi connectivity index (χ1n) is 6.22. The van der Waals surface area contributed by atoms with Crippen molar-refractivity contribution in [3.05, 3.63) is 24.2 Å². The molecule has 0 aliphatic carbocycles. The minimum absolute atomic E-state index is 0.449. The Bertz CT molecular complexity index is 526. The van der Waals surface area contributed by atoms with Crippen molar-refractivity contribution in [3.63, 3.8) is 0 Å². The SMILES string of the molecule is CC(C)c1nc2cccnc2n1C1CCCS1. The van der Waals surface area contributed by atoms with Crippen LogP contribution in [0.25, 0.3) is 11.2 Å². The van der Waals surface area contributed by atoms with Crippen molar-refractivity contribution < 1.29 is 0 Å².